The highest BCUT2D eigenvalue weighted by molar-refractivity contribution is 5.78. The van der Waals surface area contributed by atoms with Gasteiger partial charge in [0, 0.05) is 11.9 Å². The molecule has 0 saturated carbocycles. The third-order valence-electron chi connectivity index (χ3n) is 3.28. The van der Waals surface area contributed by atoms with Crippen molar-refractivity contribution < 1.29 is 0 Å². The van der Waals surface area contributed by atoms with Gasteiger partial charge in [-0.1, -0.05) is 24.6 Å². The van der Waals surface area contributed by atoms with E-state index in [1.807, 2.05) is 32.2 Å². The molecule has 0 spiro atoms. The number of aromatic nitrogens is 2. The van der Waals surface area contributed by atoms with E-state index >= 15 is 0 Å². The van der Waals surface area contributed by atoms with Crippen LogP contribution >= 0.6 is 0 Å². The second kappa shape index (κ2) is 5.22. The number of para-hydroxylation sites is 1. The summed E-state index contributed by atoms with van der Waals surface area (Å²) in [4.78, 5) is 0. The van der Waals surface area contributed by atoms with Crippen molar-refractivity contribution in [1.29, 1.82) is 5.26 Å². The average molecular weight is 241 g/mol. The van der Waals surface area contributed by atoms with Gasteiger partial charge in [-0.2, -0.15) is 10.4 Å². The van der Waals surface area contributed by atoms with E-state index in [1.54, 1.807) is 0 Å². The predicted octanol–water partition coefficient (Wildman–Crippen LogP) is 3.76. The molecule has 0 aliphatic rings. The Balaban J connectivity index is 1.90. The maximum atomic E-state index is 8.95. The molecule has 0 aliphatic carbocycles. The molecule has 1 aromatic heterocycles. The maximum absolute atomic E-state index is 8.95. The first kappa shape index (κ1) is 12.6. The number of hydrogen-bond acceptors (Lipinski definition) is 2. The van der Waals surface area contributed by atoms with Crippen LogP contribution < -0.4 is 0 Å². The van der Waals surface area contributed by atoms with Crippen LogP contribution in [0, 0.1) is 16.7 Å². The van der Waals surface area contributed by atoms with Crippen molar-refractivity contribution in [1.82, 2.24) is 9.78 Å². The molecule has 0 N–H and O–H groups in total. The minimum atomic E-state index is -0.202. The van der Waals surface area contributed by atoms with Crippen molar-refractivity contribution in [3.8, 4) is 6.07 Å². The van der Waals surface area contributed by atoms with E-state index in [2.05, 4.69) is 28.0 Å². The summed E-state index contributed by atoms with van der Waals surface area (Å²) in [6, 6.07) is 10.6. The number of hydrogen-bond donors (Lipinski definition) is 0. The molecule has 2 rings (SSSR count). The van der Waals surface area contributed by atoms with E-state index in [-0.39, 0.29) is 5.41 Å². The topological polar surface area (TPSA) is 41.6 Å². The summed E-state index contributed by atoms with van der Waals surface area (Å²) in [5, 5.41) is 14.5. The number of nitriles is 1. The molecule has 18 heavy (non-hydrogen) atoms. The van der Waals surface area contributed by atoms with E-state index in [0.29, 0.717) is 0 Å². The van der Waals surface area contributed by atoms with Gasteiger partial charge in [0.15, 0.2) is 0 Å². The molecule has 1 aromatic carbocycles. The van der Waals surface area contributed by atoms with Crippen LogP contribution in [0.25, 0.3) is 10.9 Å². The van der Waals surface area contributed by atoms with Gasteiger partial charge < -0.3 is 0 Å². The van der Waals surface area contributed by atoms with Gasteiger partial charge in [-0.25, -0.2) is 0 Å². The number of fused-ring (bicyclic) bond motifs is 1. The first-order valence-corrected chi connectivity index (χ1v) is 6.44. The zero-order chi connectivity index (χ0) is 13.0. The smallest absolute Gasteiger partial charge is 0.0683 e. The Labute approximate surface area is 108 Å². The Kier molecular flexibility index (Phi) is 3.66. The van der Waals surface area contributed by atoms with E-state index in [9.17, 15) is 0 Å². The number of benzene rings is 1. The third-order valence-corrected chi connectivity index (χ3v) is 3.28. The van der Waals surface area contributed by atoms with Gasteiger partial charge in [0.2, 0.25) is 0 Å². The molecule has 0 unspecified atom stereocenters. The minimum absolute atomic E-state index is 0.202. The first-order valence-electron chi connectivity index (χ1n) is 6.44. The monoisotopic (exact) mass is 241 g/mol. The van der Waals surface area contributed by atoms with Crippen molar-refractivity contribution >= 4 is 10.9 Å². The minimum Gasteiger partial charge on any atom is -0.265 e. The fourth-order valence-corrected chi connectivity index (χ4v) is 2.09. The highest BCUT2D eigenvalue weighted by Gasteiger charge is 2.15. The molecule has 3 heteroatoms. The zero-order valence-electron chi connectivity index (χ0n) is 11.1. The van der Waals surface area contributed by atoms with E-state index in [4.69, 9.17) is 5.26 Å². The Bertz CT molecular complexity index is 560. The molecule has 0 saturated heterocycles. The summed E-state index contributed by atoms with van der Waals surface area (Å²) in [6.07, 6.45) is 4.99. The molecule has 0 amide bonds. The van der Waals surface area contributed by atoms with Crippen LogP contribution in [0.5, 0.6) is 0 Å². The molecular formula is C15H19N3. The molecule has 94 valence electrons. The fourth-order valence-electron chi connectivity index (χ4n) is 2.09. The number of rotatable bonds is 5. The Morgan fingerprint density at radius 1 is 1.28 bits per heavy atom. The standard InChI is InChI=1S/C15H19N3/c1-15(2,12-16)9-5-6-10-18-14-8-4-3-7-13(14)11-17-18/h3-4,7-8,11H,5-6,9-10H2,1-2H3. The lowest BCUT2D eigenvalue weighted by atomic mass is 9.89. The van der Waals surface area contributed by atoms with Crippen LogP contribution in [0.3, 0.4) is 0 Å². The highest BCUT2D eigenvalue weighted by Crippen LogP contribution is 2.22. The summed E-state index contributed by atoms with van der Waals surface area (Å²) in [5.74, 6) is 0. The Morgan fingerprint density at radius 2 is 2.06 bits per heavy atom. The number of unbranched alkanes of at least 4 members (excludes halogenated alkanes) is 1. The fraction of sp³-hybridized carbons (Fsp3) is 0.467. The van der Waals surface area contributed by atoms with Crippen LogP contribution in [0.4, 0.5) is 0 Å². The van der Waals surface area contributed by atoms with Crippen molar-refractivity contribution in [2.24, 2.45) is 5.41 Å². The second-order valence-electron chi connectivity index (χ2n) is 5.38. The third kappa shape index (κ3) is 2.89. The summed E-state index contributed by atoms with van der Waals surface area (Å²) < 4.78 is 2.05. The lowest BCUT2D eigenvalue weighted by molar-refractivity contribution is 0.413. The van der Waals surface area contributed by atoms with Crippen molar-refractivity contribution in [2.75, 3.05) is 0 Å². The number of nitrogens with zero attached hydrogens (tertiary/aromatic N) is 3. The molecule has 0 bridgehead atoms. The second-order valence-corrected chi connectivity index (χ2v) is 5.38. The lowest BCUT2D eigenvalue weighted by Gasteiger charge is -2.14. The van der Waals surface area contributed by atoms with Crippen LogP contribution in [0.1, 0.15) is 33.1 Å². The predicted molar refractivity (Wildman–Crippen MR) is 73.0 cm³/mol. The summed E-state index contributed by atoms with van der Waals surface area (Å²) in [5.41, 5.74) is 0.990. The van der Waals surface area contributed by atoms with Crippen LogP contribution in [-0.4, -0.2) is 9.78 Å². The zero-order valence-corrected chi connectivity index (χ0v) is 11.1. The maximum Gasteiger partial charge on any atom is 0.0683 e. The largest absolute Gasteiger partial charge is 0.265 e. The highest BCUT2D eigenvalue weighted by atomic mass is 15.3. The summed E-state index contributed by atoms with van der Waals surface area (Å²) in [7, 11) is 0. The van der Waals surface area contributed by atoms with Gasteiger partial charge in [-0.05, 0) is 32.8 Å². The van der Waals surface area contributed by atoms with E-state index < -0.39 is 0 Å². The van der Waals surface area contributed by atoms with Crippen molar-refractivity contribution in [3.05, 3.63) is 30.5 Å². The van der Waals surface area contributed by atoms with Gasteiger partial charge in [-0.3, -0.25) is 4.68 Å². The van der Waals surface area contributed by atoms with Gasteiger partial charge >= 0.3 is 0 Å². The van der Waals surface area contributed by atoms with Gasteiger partial charge in [0.25, 0.3) is 0 Å². The number of aryl methyl sites for hydroxylation is 1. The van der Waals surface area contributed by atoms with Crippen molar-refractivity contribution in [2.45, 2.75) is 39.7 Å². The molecule has 3 nitrogen and oxygen atoms in total. The van der Waals surface area contributed by atoms with Crippen LogP contribution in [-0.2, 0) is 6.54 Å². The molecule has 0 fully saturated rings. The van der Waals surface area contributed by atoms with Crippen LogP contribution in [0.15, 0.2) is 30.5 Å². The average Bonchev–Trinajstić information content (AvgIpc) is 2.78. The molecule has 0 radical (unpaired) electrons. The lowest BCUT2D eigenvalue weighted by Crippen LogP contribution is -2.08. The summed E-state index contributed by atoms with van der Waals surface area (Å²) >= 11 is 0. The Hall–Kier alpha value is -1.82. The first-order chi connectivity index (χ1) is 8.62. The SMILES string of the molecule is CC(C)(C#N)CCCCn1ncc2ccccc21. The molecule has 2 aromatic rings. The van der Waals surface area contributed by atoms with E-state index in [0.717, 1.165) is 25.8 Å². The molecule has 0 atom stereocenters. The van der Waals surface area contributed by atoms with Gasteiger partial charge in [0.1, 0.15) is 0 Å². The summed E-state index contributed by atoms with van der Waals surface area (Å²) in [6.45, 7) is 4.92. The Morgan fingerprint density at radius 3 is 2.83 bits per heavy atom. The van der Waals surface area contributed by atoms with Crippen LogP contribution in [0.2, 0.25) is 0 Å². The quantitative estimate of drug-likeness (QED) is 0.748. The van der Waals surface area contributed by atoms with Gasteiger partial charge in [0.05, 0.1) is 23.2 Å². The molecular weight excluding hydrogens is 222 g/mol. The molecule has 1 heterocycles. The van der Waals surface area contributed by atoms with Crippen molar-refractivity contribution in [3.63, 3.8) is 0 Å². The normalized spacial score (nSPS) is 11.6. The van der Waals surface area contributed by atoms with E-state index in [1.165, 1.54) is 10.9 Å². The van der Waals surface area contributed by atoms with Gasteiger partial charge in [-0.15, -0.1) is 0 Å². The molecule has 0 aliphatic heterocycles.